The fourth-order valence-electron chi connectivity index (χ4n) is 7.78. The molecule has 0 saturated carbocycles. The fraction of sp³-hybridized carbons (Fsp3) is 0.364. The molecule has 2 fully saturated rings. The van der Waals surface area contributed by atoms with Crippen LogP contribution in [0.1, 0.15) is 59.8 Å². The molecule has 4 atom stereocenters. The van der Waals surface area contributed by atoms with Crippen molar-refractivity contribution < 1.29 is 38.9 Å². The molecule has 6 rings (SSSR count). The molecule has 0 aliphatic carbocycles. The maximum Gasteiger partial charge on any atom is 2.00 e. The summed E-state index contributed by atoms with van der Waals surface area (Å²) in [5, 5.41) is 22.3. The number of ether oxygens (including phenoxy) is 2. The van der Waals surface area contributed by atoms with E-state index in [1.54, 1.807) is 9.80 Å². The van der Waals surface area contributed by atoms with Crippen molar-refractivity contribution in [2.75, 3.05) is 52.6 Å². The molecule has 10 nitrogen and oxygen atoms in total. The van der Waals surface area contributed by atoms with Crippen LogP contribution >= 0.6 is 23.2 Å². The number of carbonyl (C=O) groups excluding carboxylic acids is 4. The Hall–Kier alpha value is -3.48. The van der Waals surface area contributed by atoms with Gasteiger partial charge in [-0.15, -0.1) is 0 Å². The van der Waals surface area contributed by atoms with E-state index in [0.717, 1.165) is 25.7 Å². The number of carboxylic acids is 2. The molecular formula is C44H46CaCl2N2O8. The quantitative estimate of drug-likeness (QED) is 0.169. The Morgan fingerprint density at radius 1 is 0.544 bits per heavy atom. The SMILES string of the molecule is O=C([O-])COCC(=O)N1CCCC(C(c2ccccc2)c2ccc(Cl)cc2)C1.O=C([O-])COCC(=O)N1CCCC(C(c2ccccc2)c2ccc(Cl)cc2)C1.[Ca+2]. The summed E-state index contributed by atoms with van der Waals surface area (Å²) < 4.78 is 9.84. The number of hydrogen-bond donors (Lipinski definition) is 0. The van der Waals surface area contributed by atoms with Crippen LogP contribution in [0, 0.1) is 11.8 Å². The van der Waals surface area contributed by atoms with Gasteiger partial charge in [0.1, 0.15) is 13.2 Å². The number of halogens is 2. The Balaban J connectivity index is 0.000000248. The molecule has 57 heavy (non-hydrogen) atoms. The Kier molecular flexibility index (Phi) is 19.3. The summed E-state index contributed by atoms with van der Waals surface area (Å²) in [6.45, 7) is 0.917. The summed E-state index contributed by atoms with van der Waals surface area (Å²) in [4.78, 5) is 49.3. The molecule has 0 aromatic heterocycles. The van der Waals surface area contributed by atoms with Gasteiger partial charge in [-0.1, -0.05) is 108 Å². The zero-order valence-electron chi connectivity index (χ0n) is 31.8. The number of benzene rings is 4. The van der Waals surface area contributed by atoms with Crippen molar-refractivity contribution in [1.29, 1.82) is 0 Å². The van der Waals surface area contributed by atoms with Gasteiger partial charge in [-0.3, -0.25) is 9.59 Å². The second-order valence-corrected chi connectivity index (χ2v) is 15.0. The third kappa shape index (κ3) is 14.4. The number of hydrogen-bond acceptors (Lipinski definition) is 8. The Morgan fingerprint density at radius 3 is 1.21 bits per heavy atom. The molecule has 296 valence electrons. The molecule has 0 radical (unpaired) electrons. The molecule has 0 N–H and O–H groups in total. The first-order valence-electron chi connectivity index (χ1n) is 18.8. The van der Waals surface area contributed by atoms with Crippen molar-refractivity contribution in [3.63, 3.8) is 0 Å². The molecular weight excluding hydrogens is 795 g/mol. The van der Waals surface area contributed by atoms with Gasteiger partial charge in [-0.2, -0.15) is 0 Å². The second-order valence-electron chi connectivity index (χ2n) is 14.1. The predicted octanol–water partition coefficient (Wildman–Crippen LogP) is 4.57. The van der Waals surface area contributed by atoms with Crippen LogP contribution < -0.4 is 10.2 Å². The van der Waals surface area contributed by atoms with Gasteiger partial charge in [-0.25, -0.2) is 0 Å². The third-order valence-corrected chi connectivity index (χ3v) is 10.7. The average Bonchev–Trinajstić information content (AvgIpc) is 3.20. The van der Waals surface area contributed by atoms with Crippen LogP contribution in [0.3, 0.4) is 0 Å². The normalized spacial score (nSPS) is 17.6. The molecule has 2 aliphatic heterocycles. The Morgan fingerprint density at radius 2 is 0.877 bits per heavy atom. The van der Waals surface area contributed by atoms with Crippen molar-refractivity contribution in [2.24, 2.45) is 11.8 Å². The zero-order valence-corrected chi connectivity index (χ0v) is 35.5. The maximum absolute atomic E-state index is 12.4. The maximum atomic E-state index is 12.4. The van der Waals surface area contributed by atoms with E-state index in [2.05, 4.69) is 24.3 Å². The summed E-state index contributed by atoms with van der Waals surface area (Å²) in [5.41, 5.74) is 4.75. The van der Waals surface area contributed by atoms with Gasteiger partial charge in [-0.05, 0) is 84.0 Å². The molecule has 2 amide bonds. The predicted molar refractivity (Wildman–Crippen MR) is 215 cm³/mol. The minimum absolute atomic E-state index is 0. The first kappa shape index (κ1) is 46.2. The first-order valence-corrected chi connectivity index (χ1v) is 19.6. The van der Waals surface area contributed by atoms with Crippen LogP contribution in [0.15, 0.2) is 109 Å². The van der Waals surface area contributed by atoms with E-state index in [0.29, 0.717) is 36.2 Å². The van der Waals surface area contributed by atoms with Gasteiger partial charge in [0.25, 0.3) is 0 Å². The van der Waals surface area contributed by atoms with Crippen LogP contribution in [-0.2, 0) is 28.7 Å². The number of piperidine rings is 2. The number of amides is 2. The van der Waals surface area contributed by atoms with Crippen LogP contribution in [0.4, 0.5) is 0 Å². The smallest absolute Gasteiger partial charge is 0.548 e. The number of nitrogens with zero attached hydrogens (tertiary/aromatic N) is 2. The molecule has 4 aromatic carbocycles. The standard InChI is InChI=1S/2C22H24ClNO4.Ca/c2*23-19-10-8-17(9-11-19)22(16-5-2-1-3-6-16)18-7-4-12-24(13-18)20(25)14-28-15-21(26)27;/h2*1-3,5-6,8-11,18,22H,4,7,12-15H2,(H,26,27);/q;;+2/p-2. The third-order valence-electron chi connectivity index (χ3n) is 10.2. The van der Waals surface area contributed by atoms with Gasteiger partial charge in [0.05, 0.1) is 25.2 Å². The van der Waals surface area contributed by atoms with Crippen molar-refractivity contribution >= 4 is 84.7 Å². The summed E-state index contributed by atoms with van der Waals surface area (Å²) in [7, 11) is 0. The molecule has 13 heteroatoms. The minimum Gasteiger partial charge on any atom is -0.548 e. The Bertz CT molecular complexity index is 1730. The summed E-state index contributed by atoms with van der Waals surface area (Å²) in [6, 6.07) is 36.3. The van der Waals surface area contributed by atoms with Gasteiger partial charge in [0, 0.05) is 48.1 Å². The van der Waals surface area contributed by atoms with Crippen LogP contribution in [0.5, 0.6) is 0 Å². The van der Waals surface area contributed by atoms with Crippen molar-refractivity contribution in [2.45, 2.75) is 37.5 Å². The molecule has 2 saturated heterocycles. The summed E-state index contributed by atoms with van der Waals surface area (Å²) >= 11 is 12.1. The molecule has 2 aliphatic rings. The molecule has 4 unspecified atom stereocenters. The largest absolute Gasteiger partial charge is 2.00 e. The monoisotopic (exact) mass is 840 g/mol. The number of carbonyl (C=O) groups is 4. The van der Waals surface area contributed by atoms with Gasteiger partial charge in [0.15, 0.2) is 0 Å². The number of aliphatic carboxylic acids is 2. The zero-order chi connectivity index (χ0) is 39.9. The van der Waals surface area contributed by atoms with Crippen LogP contribution in [0.2, 0.25) is 10.0 Å². The van der Waals surface area contributed by atoms with E-state index in [9.17, 15) is 29.4 Å². The summed E-state index contributed by atoms with van der Waals surface area (Å²) in [5.74, 6) is -2.21. The average molecular weight is 842 g/mol. The van der Waals surface area contributed by atoms with E-state index in [-0.39, 0.29) is 86.4 Å². The van der Waals surface area contributed by atoms with Gasteiger partial charge >= 0.3 is 37.7 Å². The van der Waals surface area contributed by atoms with E-state index in [4.69, 9.17) is 32.7 Å². The minimum atomic E-state index is -1.32. The molecule has 2 heterocycles. The second kappa shape index (κ2) is 23.8. The number of carboxylic acid groups (broad SMARTS) is 2. The topological polar surface area (TPSA) is 139 Å². The number of rotatable bonds is 14. The first-order chi connectivity index (χ1) is 27.1. The van der Waals surface area contributed by atoms with Crippen LogP contribution in [0.25, 0.3) is 0 Å². The van der Waals surface area contributed by atoms with Crippen molar-refractivity contribution in [3.8, 4) is 0 Å². The van der Waals surface area contributed by atoms with E-state index in [1.165, 1.54) is 22.3 Å². The van der Waals surface area contributed by atoms with E-state index >= 15 is 0 Å². The fourth-order valence-corrected chi connectivity index (χ4v) is 8.03. The molecule has 0 spiro atoms. The van der Waals surface area contributed by atoms with Gasteiger partial charge in [0.2, 0.25) is 11.8 Å². The number of likely N-dealkylation sites (tertiary alicyclic amines) is 2. The van der Waals surface area contributed by atoms with Crippen molar-refractivity contribution in [3.05, 3.63) is 141 Å². The van der Waals surface area contributed by atoms with E-state index < -0.39 is 25.2 Å². The van der Waals surface area contributed by atoms with Crippen LogP contribution in [-0.4, -0.2) is 124 Å². The van der Waals surface area contributed by atoms with Crippen molar-refractivity contribution in [1.82, 2.24) is 9.80 Å². The van der Waals surface area contributed by atoms with E-state index in [1.807, 2.05) is 84.9 Å². The molecule has 0 bridgehead atoms. The molecule has 4 aromatic rings. The van der Waals surface area contributed by atoms with Gasteiger partial charge < -0.3 is 39.1 Å². The Labute approximate surface area is 374 Å². The summed E-state index contributed by atoms with van der Waals surface area (Å²) in [6.07, 6.45) is 3.80.